The molecule has 0 aromatic rings. The summed E-state index contributed by atoms with van der Waals surface area (Å²) in [6.07, 6.45) is 8.04. The van der Waals surface area contributed by atoms with Gasteiger partial charge in [0.15, 0.2) is 0 Å². The van der Waals surface area contributed by atoms with Crippen molar-refractivity contribution in [3.05, 3.63) is 0 Å². The van der Waals surface area contributed by atoms with Crippen LogP contribution in [0.15, 0.2) is 0 Å². The molecule has 4 bridgehead atoms. The Labute approximate surface area is 130 Å². The zero-order valence-corrected chi connectivity index (χ0v) is 14.2. The van der Waals surface area contributed by atoms with E-state index in [0.717, 1.165) is 47.8 Å². The van der Waals surface area contributed by atoms with E-state index in [1.807, 2.05) is 27.7 Å². The van der Waals surface area contributed by atoms with Crippen LogP contribution in [0.3, 0.4) is 0 Å². The summed E-state index contributed by atoms with van der Waals surface area (Å²) in [4.78, 5) is 11.5. The maximum atomic E-state index is 11.5. The summed E-state index contributed by atoms with van der Waals surface area (Å²) in [7, 11) is 0. The minimum atomic E-state index is 0.0820. The molecule has 0 aromatic heterocycles. The van der Waals surface area contributed by atoms with Gasteiger partial charge in [0.05, 0.1) is 0 Å². The number of carbonyl (C=O) groups is 1. The van der Waals surface area contributed by atoms with E-state index in [1.165, 1.54) is 25.7 Å². The van der Waals surface area contributed by atoms with Crippen molar-refractivity contribution in [2.24, 2.45) is 41.4 Å². The summed E-state index contributed by atoms with van der Waals surface area (Å²) in [5.41, 5.74) is 0. The van der Waals surface area contributed by atoms with E-state index in [2.05, 4.69) is 0 Å². The van der Waals surface area contributed by atoms with E-state index in [-0.39, 0.29) is 5.97 Å². The molecule has 1 aliphatic heterocycles. The van der Waals surface area contributed by atoms with E-state index in [1.54, 1.807) is 0 Å². The monoisotopic (exact) mass is 292 g/mol. The van der Waals surface area contributed by atoms with E-state index in [0.29, 0.717) is 12.5 Å². The quantitative estimate of drug-likeness (QED) is 0.479. The van der Waals surface area contributed by atoms with Gasteiger partial charge in [-0.05, 0) is 73.5 Å². The smallest absolute Gasteiger partial charge is 0.306 e. The van der Waals surface area contributed by atoms with E-state index < -0.39 is 0 Å². The number of esters is 1. The van der Waals surface area contributed by atoms with Crippen molar-refractivity contribution in [1.82, 2.24) is 0 Å². The molecule has 0 radical (unpaired) electrons. The van der Waals surface area contributed by atoms with Crippen LogP contribution in [-0.2, 0) is 9.53 Å². The summed E-state index contributed by atoms with van der Waals surface area (Å²) >= 11 is 0. The Morgan fingerprint density at radius 1 is 0.810 bits per heavy atom. The van der Waals surface area contributed by atoms with E-state index in [4.69, 9.17) is 4.74 Å². The normalized spacial score (nSPS) is 51.1. The molecule has 0 aromatic carbocycles. The standard InChI is InChI=1S/C15H20O2.2C2H6/c16-12-4-3-9-10-6-11(15(9)17-12)14-8-2-1-7(5-8)13(10)14;2*1-2/h7-11,13-15H,1-6H2;2*1-2H3. The molecule has 5 fully saturated rings. The van der Waals surface area contributed by atoms with Gasteiger partial charge in [0.1, 0.15) is 6.10 Å². The molecule has 0 amide bonds. The van der Waals surface area contributed by atoms with Crippen LogP contribution in [0.5, 0.6) is 0 Å². The number of hydrogen-bond acceptors (Lipinski definition) is 2. The second kappa shape index (κ2) is 5.93. The Morgan fingerprint density at radius 2 is 1.43 bits per heavy atom. The maximum Gasteiger partial charge on any atom is 0.306 e. The van der Waals surface area contributed by atoms with Crippen molar-refractivity contribution in [1.29, 1.82) is 0 Å². The molecule has 1 saturated heterocycles. The predicted molar refractivity (Wildman–Crippen MR) is 84.7 cm³/mol. The van der Waals surface area contributed by atoms with Crippen LogP contribution < -0.4 is 0 Å². The third-order valence-electron chi connectivity index (χ3n) is 6.92. The van der Waals surface area contributed by atoms with Gasteiger partial charge in [-0.25, -0.2) is 0 Å². The Kier molecular flexibility index (Phi) is 4.34. The van der Waals surface area contributed by atoms with Gasteiger partial charge in [-0.3, -0.25) is 4.79 Å². The van der Waals surface area contributed by atoms with Crippen LogP contribution in [0, 0.1) is 41.4 Å². The zero-order valence-electron chi connectivity index (χ0n) is 14.2. The van der Waals surface area contributed by atoms with E-state index >= 15 is 0 Å². The maximum absolute atomic E-state index is 11.5. The zero-order chi connectivity index (χ0) is 15.1. The second-order valence-electron chi connectivity index (χ2n) is 7.21. The molecule has 8 atom stereocenters. The van der Waals surface area contributed by atoms with E-state index in [9.17, 15) is 4.79 Å². The molecule has 2 heteroatoms. The molecule has 120 valence electrons. The first-order chi connectivity index (χ1) is 10.3. The molecule has 2 nitrogen and oxygen atoms in total. The average Bonchev–Trinajstić information content (AvgIpc) is 3.29. The van der Waals surface area contributed by atoms with Gasteiger partial charge in [-0.15, -0.1) is 0 Å². The summed E-state index contributed by atoms with van der Waals surface area (Å²) in [5.74, 6) is 6.56. The van der Waals surface area contributed by atoms with Crippen LogP contribution in [0.25, 0.3) is 0 Å². The second-order valence-corrected chi connectivity index (χ2v) is 7.21. The lowest BCUT2D eigenvalue weighted by Gasteiger charge is -2.44. The number of rotatable bonds is 0. The SMILES string of the molecule is CC.CC.O=C1CCC2C3CC(C2O1)C1C2CCC(C2)C31. The van der Waals surface area contributed by atoms with Crippen molar-refractivity contribution in [3.8, 4) is 0 Å². The lowest BCUT2D eigenvalue weighted by Crippen LogP contribution is -2.45. The van der Waals surface area contributed by atoms with Crippen molar-refractivity contribution in [2.45, 2.75) is 72.3 Å². The fourth-order valence-corrected chi connectivity index (χ4v) is 6.70. The van der Waals surface area contributed by atoms with Crippen LogP contribution in [0.1, 0.15) is 66.2 Å². The van der Waals surface area contributed by atoms with Gasteiger partial charge >= 0.3 is 5.97 Å². The minimum absolute atomic E-state index is 0.0820. The largest absolute Gasteiger partial charge is 0.462 e. The topological polar surface area (TPSA) is 26.3 Å². The van der Waals surface area contributed by atoms with Crippen LogP contribution in [0.4, 0.5) is 0 Å². The summed E-state index contributed by atoms with van der Waals surface area (Å²) in [6.45, 7) is 8.00. The first-order valence-corrected chi connectivity index (χ1v) is 9.52. The van der Waals surface area contributed by atoms with Crippen molar-refractivity contribution in [2.75, 3.05) is 0 Å². The molecule has 8 unspecified atom stereocenters. The molecule has 4 aliphatic carbocycles. The van der Waals surface area contributed by atoms with Gasteiger partial charge in [0, 0.05) is 6.42 Å². The Hall–Kier alpha value is -0.530. The fourth-order valence-electron chi connectivity index (χ4n) is 6.70. The summed E-state index contributed by atoms with van der Waals surface area (Å²) in [6, 6.07) is 0. The number of fused-ring (bicyclic) bond motifs is 12. The van der Waals surface area contributed by atoms with Gasteiger partial charge in [0.2, 0.25) is 0 Å². The van der Waals surface area contributed by atoms with Crippen molar-refractivity contribution >= 4 is 5.97 Å². The Bertz CT molecular complexity index is 391. The number of ether oxygens (including phenoxy) is 1. The third kappa shape index (κ3) is 2.08. The highest BCUT2D eigenvalue weighted by atomic mass is 16.5. The highest BCUT2D eigenvalue weighted by molar-refractivity contribution is 5.70. The molecule has 5 aliphatic rings. The molecule has 1 heterocycles. The molecule has 4 saturated carbocycles. The minimum Gasteiger partial charge on any atom is -0.462 e. The molecule has 5 rings (SSSR count). The highest BCUT2D eigenvalue weighted by Gasteiger charge is 2.66. The van der Waals surface area contributed by atoms with Gasteiger partial charge in [-0.1, -0.05) is 27.7 Å². The Balaban J connectivity index is 0.000000308. The van der Waals surface area contributed by atoms with Crippen molar-refractivity contribution in [3.63, 3.8) is 0 Å². The molecule has 0 spiro atoms. The summed E-state index contributed by atoms with van der Waals surface area (Å²) in [5, 5.41) is 0. The molecule has 0 N–H and O–H groups in total. The highest BCUT2D eigenvalue weighted by Crippen LogP contribution is 2.70. The molecule has 21 heavy (non-hydrogen) atoms. The fraction of sp³-hybridized carbons (Fsp3) is 0.947. The van der Waals surface area contributed by atoms with Crippen LogP contribution >= 0.6 is 0 Å². The molecular formula is C19H32O2. The lowest BCUT2D eigenvalue weighted by molar-refractivity contribution is -0.166. The van der Waals surface area contributed by atoms with Gasteiger partial charge in [0.25, 0.3) is 0 Å². The Morgan fingerprint density at radius 3 is 2.10 bits per heavy atom. The van der Waals surface area contributed by atoms with Crippen LogP contribution in [0.2, 0.25) is 0 Å². The number of carbonyl (C=O) groups excluding carboxylic acids is 1. The first kappa shape index (κ1) is 15.4. The summed E-state index contributed by atoms with van der Waals surface area (Å²) < 4.78 is 5.72. The van der Waals surface area contributed by atoms with Gasteiger partial charge in [-0.2, -0.15) is 0 Å². The molecular weight excluding hydrogens is 260 g/mol. The third-order valence-corrected chi connectivity index (χ3v) is 6.92. The average molecular weight is 292 g/mol. The van der Waals surface area contributed by atoms with Crippen LogP contribution in [-0.4, -0.2) is 12.1 Å². The number of hydrogen-bond donors (Lipinski definition) is 0. The predicted octanol–water partition coefficient (Wildman–Crippen LogP) is 4.67. The lowest BCUT2D eigenvalue weighted by atomic mass is 9.65. The van der Waals surface area contributed by atoms with Gasteiger partial charge < -0.3 is 4.74 Å². The first-order valence-electron chi connectivity index (χ1n) is 9.52. The van der Waals surface area contributed by atoms with Crippen molar-refractivity contribution < 1.29 is 9.53 Å².